The highest BCUT2D eigenvalue weighted by Gasteiger charge is 2.16. The van der Waals surface area contributed by atoms with Crippen molar-refractivity contribution < 1.29 is 17.9 Å². The normalized spacial score (nSPS) is 11.4. The van der Waals surface area contributed by atoms with E-state index in [-0.39, 0.29) is 23.6 Å². The molecule has 0 aliphatic heterocycles. The Morgan fingerprint density at radius 2 is 1.97 bits per heavy atom. The van der Waals surface area contributed by atoms with Gasteiger partial charge in [-0.05, 0) is 30.3 Å². The van der Waals surface area contributed by atoms with E-state index in [1.807, 2.05) is 17.5 Å². The summed E-state index contributed by atoms with van der Waals surface area (Å²) in [5.41, 5.74) is 1.80. The van der Waals surface area contributed by atoms with Gasteiger partial charge in [-0.3, -0.25) is 10.1 Å². The lowest BCUT2D eigenvalue weighted by Crippen LogP contribution is -2.27. The third-order valence-corrected chi connectivity index (χ3v) is 6.34. The van der Waals surface area contributed by atoms with Crippen LogP contribution < -0.4 is 10.0 Å². The summed E-state index contributed by atoms with van der Waals surface area (Å²) in [6.07, 6.45) is 0. The maximum atomic E-state index is 12.5. The molecule has 7 nitrogen and oxygen atoms in total. The van der Waals surface area contributed by atoms with E-state index in [2.05, 4.69) is 15.0 Å². The topological polar surface area (TPSA) is 97.4 Å². The smallest absolute Gasteiger partial charge is 0.257 e. The van der Waals surface area contributed by atoms with Crippen LogP contribution in [0.4, 0.5) is 5.13 Å². The van der Waals surface area contributed by atoms with Crippen molar-refractivity contribution in [1.82, 2.24) is 9.71 Å². The number of carbonyl (C=O) groups is 1. The Hall–Kier alpha value is -2.30. The maximum absolute atomic E-state index is 12.5. The molecule has 0 spiro atoms. The van der Waals surface area contributed by atoms with Crippen LogP contribution in [-0.2, 0) is 14.8 Å². The molecule has 0 bridgehead atoms. The number of sulfonamides is 1. The molecule has 0 fully saturated rings. The molecule has 2 N–H and O–H groups in total. The molecule has 0 atom stereocenters. The first-order valence-electron chi connectivity index (χ1n) is 8.50. The zero-order valence-electron chi connectivity index (χ0n) is 15.4. The monoisotopic (exact) mass is 451 g/mol. The fourth-order valence-electron chi connectivity index (χ4n) is 2.42. The summed E-state index contributed by atoms with van der Waals surface area (Å²) < 4.78 is 31.9. The molecule has 0 aliphatic rings. The first-order valence-corrected chi connectivity index (χ1v) is 11.2. The molecule has 0 saturated carbocycles. The second kappa shape index (κ2) is 9.47. The number of amides is 1. The minimum Gasteiger partial charge on any atom is -0.383 e. The second-order valence-electron chi connectivity index (χ2n) is 5.92. The van der Waals surface area contributed by atoms with Crippen LogP contribution in [0.5, 0.6) is 0 Å². The van der Waals surface area contributed by atoms with Gasteiger partial charge in [-0.25, -0.2) is 18.1 Å². The molecule has 3 rings (SSSR count). The average Bonchev–Trinajstić information content (AvgIpc) is 3.17. The Morgan fingerprint density at radius 1 is 1.21 bits per heavy atom. The van der Waals surface area contributed by atoms with E-state index in [9.17, 15) is 13.2 Å². The van der Waals surface area contributed by atoms with Crippen LogP contribution in [0.3, 0.4) is 0 Å². The number of hydrogen-bond acceptors (Lipinski definition) is 6. The number of halogens is 1. The van der Waals surface area contributed by atoms with Crippen molar-refractivity contribution >= 4 is 44.0 Å². The number of thiazole rings is 1. The summed E-state index contributed by atoms with van der Waals surface area (Å²) in [5, 5.41) is 5.55. The van der Waals surface area contributed by atoms with Gasteiger partial charge in [0, 0.05) is 35.2 Å². The standard InChI is InChI=1S/C19H18ClN3O4S2/c1-27-10-9-21-29(25,26)16-4-2-3-14(11-16)18(24)23-19-22-17(12-28-19)13-5-7-15(20)8-6-13/h2-8,11-12,21H,9-10H2,1H3,(H,22,23,24). The Labute approximate surface area is 177 Å². The number of hydrogen-bond donors (Lipinski definition) is 2. The number of rotatable bonds is 8. The van der Waals surface area contributed by atoms with Crippen LogP contribution >= 0.6 is 22.9 Å². The number of aromatic nitrogens is 1. The summed E-state index contributed by atoms with van der Waals surface area (Å²) in [7, 11) is -2.25. The second-order valence-corrected chi connectivity index (χ2v) is 8.98. The van der Waals surface area contributed by atoms with Gasteiger partial charge in [-0.2, -0.15) is 0 Å². The molecule has 0 unspecified atom stereocenters. The van der Waals surface area contributed by atoms with Gasteiger partial charge in [-0.1, -0.05) is 29.8 Å². The molecule has 1 aromatic heterocycles. The Morgan fingerprint density at radius 3 is 2.69 bits per heavy atom. The van der Waals surface area contributed by atoms with Gasteiger partial charge in [0.25, 0.3) is 5.91 Å². The zero-order valence-corrected chi connectivity index (χ0v) is 17.8. The van der Waals surface area contributed by atoms with Crippen LogP contribution in [0.1, 0.15) is 10.4 Å². The zero-order chi connectivity index (χ0) is 20.9. The lowest BCUT2D eigenvalue weighted by atomic mass is 10.2. The molecule has 3 aromatic rings. The van der Waals surface area contributed by atoms with Gasteiger partial charge in [0.05, 0.1) is 17.2 Å². The Balaban J connectivity index is 1.72. The number of anilines is 1. The van der Waals surface area contributed by atoms with Crippen LogP contribution in [0, 0.1) is 0 Å². The molecular formula is C19H18ClN3O4S2. The lowest BCUT2D eigenvalue weighted by Gasteiger charge is -2.08. The van der Waals surface area contributed by atoms with Crippen molar-refractivity contribution in [1.29, 1.82) is 0 Å². The van der Waals surface area contributed by atoms with Crippen LogP contribution in [-0.4, -0.2) is 39.6 Å². The number of nitrogens with zero attached hydrogens (tertiary/aromatic N) is 1. The number of ether oxygens (including phenoxy) is 1. The summed E-state index contributed by atoms with van der Waals surface area (Å²) in [4.78, 5) is 16.9. The van der Waals surface area contributed by atoms with Crippen LogP contribution in [0.15, 0.2) is 58.8 Å². The highest BCUT2D eigenvalue weighted by Crippen LogP contribution is 2.26. The molecule has 0 radical (unpaired) electrons. The summed E-state index contributed by atoms with van der Waals surface area (Å²) in [6, 6.07) is 13.0. The fraction of sp³-hybridized carbons (Fsp3) is 0.158. The van der Waals surface area contributed by atoms with Gasteiger partial charge in [0.1, 0.15) is 0 Å². The van der Waals surface area contributed by atoms with Crippen LogP contribution in [0.2, 0.25) is 5.02 Å². The molecule has 0 saturated heterocycles. The Bertz CT molecular complexity index is 1100. The predicted octanol–water partition coefficient (Wildman–Crippen LogP) is 3.64. The van der Waals surface area contributed by atoms with Gasteiger partial charge in [-0.15, -0.1) is 11.3 Å². The SMILES string of the molecule is COCCNS(=O)(=O)c1cccc(C(=O)Nc2nc(-c3ccc(Cl)cc3)cs2)c1. The predicted molar refractivity (Wildman–Crippen MR) is 114 cm³/mol. The molecule has 1 heterocycles. The van der Waals surface area contributed by atoms with E-state index in [4.69, 9.17) is 16.3 Å². The third kappa shape index (κ3) is 5.62. The lowest BCUT2D eigenvalue weighted by molar-refractivity contribution is 0.102. The molecule has 29 heavy (non-hydrogen) atoms. The van der Waals surface area contributed by atoms with E-state index in [1.165, 1.54) is 42.7 Å². The Kier molecular flexibility index (Phi) is 6.99. The third-order valence-electron chi connectivity index (χ3n) is 3.87. The maximum Gasteiger partial charge on any atom is 0.257 e. The molecule has 0 aliphatic carbocycles. The van der Waals surface area contributed by atoms with Crippen molar-refractivity contribution in [2.75, 3.05) is 25.6 Å². The van der Waals surface area contributed by atoms with Crippen molar-refractivity contribution in [3.05, 3.63) is 64.5 Å². The minimum atomic E-state index is -3.73. The molecule has 2 aromatic carbocycles. The van der Waals surface area contributed by atoms with Crippen LogP contribution in [0.25, 0.3) is 11.3 Å². The first-order chi connectivity index (χ1) is 13.9. The van der Waals surface area contributed by atoms with Gasteiger partial charge in [0.2, 0.25) is 10.0 Å². The number of carbonyl (C=O) groups excluding carboxylic acids is 1. The molecule has 1 amide bonds. The van der Waals surface area contributed by atoms with Gasteiger partial charge < -0.3 is 4.74 Å². The van der Waals surface area contributed by atoms with E-state index in [0.29, 0.717) is 15.8 Å². The molecular weight excluding hydrogens is 434 g/mol. The number of benzene rings is 2. The first kappa shape index (κ1) is 21.4. The summed E-state index contributed by atoms with van der Waals surface area (Å²) >= 11 is 7.17. The highest BCUT2D eigenvalue weighted by atomic mass is 35.5. The van der Waals surface area contributed by atoms with Crippen molar-refractivity contribution in [3.8, 4) is 11.3 Å². The number of methoxy groups -OCH3 is 1. The molecule has 152 valence electrons. The van der Waals surface area contributed by atoms with Gasteiger partial charge >= 0.3 is 0 Å². The average molecular weight is 452 g/mol. The van der Waals surface area contributed by atoms with E-state index >= 15 is 0 Å². The van der Waals surface area contributed by atoms with E-state index in [1.54, 1.807) is 12.1 Å². The van der Waals surface area contributed by atoms with Gasteiger partial charge in [0.15, 0.2) is 5.13 Å². The van der Waals surface area contributed by atoms with E-state index in [0.717, 1.165) is 5.56 Å². The summed E-state index contributed by atoms with van der Waals surface area (Å²) in [5.74, 6) is -0.448. The largest absolute Gasteiger partial charge is 0.383 e. The number of nitrogens with one attached hydrogen (secondary N) is 2. The summed E-state index contributed by atoms with van der Waals surface area (Å²) in [6.45, 7) is 0.390. The highest BCUT2D eigenvalue weighted by molar-refractivity contribution is 7.89. The quantitative estimate of drug-likeness (QED) is 0.509. The van der Waals surface area contributed by atoms with Crippen molar-refractivity contribution in [2.45, 2.75) is 4.90 Å². The van der Waals surface area contributed by atoms with E-state index < -0.39 is 15.9 Å². The minimum absolute atomic E-state index is 0.00208. The van der Waals surface area contributed by atoms with Crippen molar-refractivity contribution in [3.63, 3.8) is 0 Å². The molecule has 10 heteroatoms. The fourth-order valence-corrected chi connectivity index (χ4v) is 4.32. The van der Waals surface area contributed by atoms with Crippen molar-refractivity contribution in [2.24, 2.45) is 0 Å².